The highest BCUT2D eigenvalue weighted by Crippen LogP contribution is 2.24. The van der Waals surface area contributed by atoms with Crippen molar-refractivity contribution in [2.45, 2.75) is 58.4 Å². The highest BCUT2D eigenvalue weighted by Gasteiger charge is 2.26. The number of carboxylic acids is 1. The van der Waals surface area contributed by atoms with Crippen LogP contribution in [0.5, 0.6) is 0 Å². The number of carbonyl (C=O) groups is 1. The Morgan fingerprint density at radius 2 is 2.19 bits per heavy atom. The quantitative estimate of drug-likeness (QED) is 0.686. The Labute approximate surface area is 98.6 Å². The van der Waals surface area contributed by atoms with E-state index in [4.69, 9.17) is 5.11 Å². The van der Waals surface area contributed by atoms with Crippen LogP contribution in [0.3, 0.4) is 0 Å². The van der Waals surface area contributed by atoms with E-state index in [0.717, 1.165) is 38.1 Å². The second kappa shape index (κ2) is 6.89. The molecule has 1 rings (SSSR count). The zero-order valence-corrected chi connectivity index (χ0v) is 10.5. The monoisotopic (exact) mass is 227 g/mol. The van der Waals surface area contributed by atoms with Gasteiger partial charge in [0.15, 0.2) is 0 Å². The van der Waals surface area contributed by atoms with Gasteiger partial charge in [0, 0.05) is 6.04 Å². The van der Waals surface area contributed by atoms with E-state index < -0.39 is 5.97 Å². The Morgan fingerprint density at radius 1 is 1.44 bits per heavy atom. The van der Waals surface area contributed by atoms with Crippen LogP contribution in [0.4, 0.5) is 0 Å². The van der Waals surface area contributed by atoms with E-state index in [9.17, 15) is 4.79 Å². The molecule has 3 heteroatoms. The fraction of sp³-hybridized carbons (Fsp3) is 0.923. The number of carboxylic acid groups (broad SMARTS) is 1. The molecule has 0 aromatic heterocycles. The van der Waals surface area contributed by atoms with Crippen LogP contribution in [-0.4, -0.2) is 23.7 Å². The van der Waals surface area contributed by atoms with Crippen molar-refractivity contribution in [3.05, 3.63) is 0 Å². The molecule has 1 aliphatic rings. The molecule has 0 aliphatic heterocycles. The molecule has 3 nitrogen and oxygen atoms in total. The number of rotatable bonds is 6. The minimum Gasteiger partial charge on any atom is -0.481 e. The first kappa shape index (κ1) is 13.5. The summed E-state index contributed by atoms with van der Waals surface area (Å²) in [5.74, 6) is 0.0324. The van der Waals surface area contributed by atoms with Crippen molar-refractivity contribution in [2.75, 3.05) is 6.54 Å². The largest absolute Gasteiger partial charge is 0.481 e. The minimum atomic E-state index is -0.617. The summed E-state index contributed by atoms with van der Waals surface area (Å²) in [6, 6.07) is 0.432. The maximum atomic E-state index is 10.9. The molecular formula is C13H25NO2. The van der Waals surface area contributed by atoms with Gasteiger partial charge in [0.25, 0.3) is 0 Å². The molecule has 0 bridgehead atoms. The van der Waals surface area contributed by atoms with Gasteiger partial charge in [-0.2, -0.15) is 0 Å². The van der Waals surface area contributed by atoms with Crippen LogP contribution >= 0.6 is 0 Å². The topological polar surface area (TPSA) is 49.3 Å². The summed E-state index contributed by atoms with van der Waals surface area (Å²) in [5, 5.41) is 12.5. The van der Waals surface area contributed by atoms with Gasteiger partial charge in [0.05, 0.1) is 5.92 Å². The third-order valence-corrected chi connectivity index (χ3v) is 3.41. The standard InChI is InChI=1S/C13H25NO2/c1-10(2)5-4-8-14-12-7-3-6-11(9-12)13(15)16/h10-12,14H,3-9H2,1-2H3,(H,15,16). The van der Waals surface area contributed by atoms with Gasteiger partial charge in [0.1, 0.15) is 0 Å². The van der Waals surface area contributed by atoms with Gasteiger partial charge in [-0.05, 0) is 44.6 Å². The van der Waals surface area contributed by atoms with Gasteiger partial charge in [0.2, 0.25) is 0 Å². The van der Waals surface area contributed by atoms with E-state index in [1.807, 2.05) is 0 Å². The minimum absolute atomic E-state index is 0.114. The molecule has 0 saturated heterocycles. The van der Waals surface area contributed by atoms with Crippen molar-refractivity contribution in [3.63, 3.8) is 0 Å². The third-order valence-electron chi connectivity index (χ3n) is 3.41. The lowest BCUT2D eigenvalue weighted by Crippen LogP contribution is -2.36. The van der Waals surface area contributed by atoms with Crippen LogP contribution in [0, 0.1) is 11.8 Å². The Balaban J connectivity index is 2.14. The molecule has 0 aromatic rings. The zero-order valence-electron chi connectivity index (χ0n) is 10.5. The van der Waals surface area contributed by atoms with Crippen LogP contribution in [0.15, 0.2) is 0 Å². The van der Waals surface area contributed by atoms with Gasteiger partial charge in [-0.3, -0.25) is 4.79 Å². The average molecular weight is 227 g/mol. The first-order valence-corrected chi connectivity index (χ1v) is 6.55. The molecule has 94 valence electrons. The Bertz CT molecular complexity index is 216. The molecule has 2 N–H and O–H groups in total. The summed E-state index contributed by atoms with van der Waals surface area (Å²) in [4.78, 5) is 10.9. The summed E-state index contributed by atoms with van der Waals surface area (Å²) in [6.45, 7) is 5.51. The number of hydrogen-bond donors (Lipinski definition) is 2. The van der Waals surface area contributed by atoms with Gasteiger partial charge in [-0.25, -0.2) is 0 Å². The lowest BCUT2D eigenvalue weighted by molar-refractivity contribution is -0.143. The van der Waals surface area contributed by atoms with E-state index in [-0.39, 0.29) is 5.92 Å². The second-order valence-electron chi connectivity index (χ2n) is 5.39. The van der Waals surface area contributed by atoms with E-state index >= 15 is 0 Å². The summed E-state index contributed by atoms with van der Waals surface area (Å²) >= 11 is 0. The van der Waals surface area contributed by atoms with Gasteiger partial charge >= 0.3 is 5.97 Å². The molecular weight excluding hydrogens is 202 g/mol. The highest BCUT2D eigenvalue weighted by atomic mass is 16.4. The van der Waals surface area contributed by atoms with Gasteiger partial charge in [-0.1, -0.05) is 20.3 Å². The summed E-state index contributed by atoms with van der Waals surface area (Å²) in [5.41, 5.74) is 0. The Morgan fingerprint density at radius 3 is 2.81 bits per heavy atom. The zero-order chi connectivity index (χ0) is 12.0. The lowest BCUT2D eigenvalue weighted by atomic mass is 9.86. The molecule has 0 spiro atoms. The highest BCUT2D eigenvalue weighted by molar-refractivity contribution is 5.70. The molecule has 1 aliphatic carbocycles. The maximum absolute atomic E-state index is 10.9. The van der Waals surface area contributed by atoms with E-state index in [0.29, 0.717) is 6.04 Å². The first-order chi connectivity index (χ1) is 7.59. The molecule has 0 amide bonds. The van der Waals surface area contributed by atoms with E-state index in [1.54, 1.807) is 0 Å². The van der Waals surface area contributed by atoms with Crippen LogP contribution in [0.25, 0.3) is 0 Å². The van der Waals surface area contributed by atoms with Gasteiger partial charge < -0.3 is 10.4 Å². The average Bonchev–Trinajstić information content (AvgIpc) is 2.24. The van der Waals surface area contributed by atoms with E-state index in [1.165, 1.54) is 12.8 Å². The Kier molecular flexibility index (Phi) is 5.81. The summed E-state index contributed by atoms with van der Waals surface area (Å²) in [6.07, 6.45) is 6.33. The molecule has 1 saturated carbocycles. The van der Waals surface area contributed by atoms with Crippen molar-refractivity contribution < 1.29 is 9.90 Å². The smallest absolute Gasteiger partial charge is 0.306 e. The molecule has 0 aromatic carbocycles. The van der Waals surface area contributed by atoms with Crippen LogP contribution in [0.1, 0.15) is 52.4 Å². The molecule has 16 heavy (non-hydrogen) atoms. The predicted octanol–water partition coefficient (Wildman–Crippen LogP) is 2.66. The number of nitrogens with one attached hydrogen (secondary N) is 1. The number of aliphatic carboxylic acids is 1. The Hall–Kier alpha value is -0.570. The molecule has 2 atom stereocenters. The van der Waals surface area contributed by atoms with Crippen molar-refractivity contribution in [3.8, 4) is 0 Å². The third kappa shape index (κ3) is 4.97. The molecule has 0 heterocycles. The predicted molar refractivity (Wildman–Crippen MR) is 65.5 cm³/mol. The van der Waals surface area contributed by atoms with Crippen molar-refractivity contribution >= 4 is 5.97 Å². The normalized spacial score (nSPS) is 25.9. The van der Waals surface area contributed by atoms with Crippen molar-refractivity contribution in [2.24, 2.45) is 11.8 Å². The molecule has 1 fully saturated rings. The van der Waals surface area contributed by atoms with Crippen LogP contribution < -0.4 is 5.32 Å². The maximum Gasteiger partial charge on any atom is 0.306 e. The van der Waals surface area contributed by atoms with Crippen molar-refractivity contribution in [1.82, 2.24) is 5.32 Å². The number of hydrogen-bond acceptors (Lipinski definition) is 2. The van der Waals surface area contributed by atoms with Gasteiger partial charge in [-0.15, -0.1) is 0 Å². The van der Waals surface area contributed by atoms with E-state index in [2.05, 4.69) is 19.2 Å². The fourth-order valence-electron chi connectivity index (χ4n) is 2.42. The summed E-state index contributed by atoms with van der Waals surface area (Å²) < 4.78 is 0. The van der Waals surface area contributed by atoms with Crippen molar-refractivity contribution in [1.29, 1.82) is 0 Å². The van der Waals surface area contributed by atoms with Crippen LogP contribution in [-0.2, 0) is 4.79 Å². The SMILES string of the molecule is CC(C)CCCNC1CCCC(C(=O)O)C1. The second-order valence-corrected chi connectivity index (χ2v) is 5.39. The molecule has 0 radical (unpaired) electrons. The van der Waals surface area contributed by atoms with Crippen LogP contribution in [0.2, 0.25) is 0 Å². The fourth-order valence-corrected chi connectivity index (χ4v) is 2.42. The molecule has 2 unspecified atom stereocenters. The first-order valence-electron chi connectivity index (χ1n) is 6.55. The lowest BCUT2D eigenvalue weighted by Gasteiger charge is -2.27. The summed E-state index contributed by atoms with van der Waals surface area (Å²) in [7, 11) is 0.